The highest BCUT2D eigenvalue weighted by Gasteiger charge is 1.99. The van der Waals surface area contributed by atoms with Crippen molar-refractivity contribution in [3.05, 3.63) is 0 Å². The van der Waals surface area contributed by atoms with Crippen LogP contribution in [-0.2, 0) is 0 Å². The van der Waals surface area contributed by atoms with Crippen LogP contribution in [-0.4, -0.2) is 70.2 Å². The second-order valence-corrected chi connectivity index (χ2v) is 3.50. The summed E-state index contributed by atoms with van der Waals surface area (Å²) >= 11 is 0. The number of nitrogens with two attached hydrogens (primary N) is 1. The summed E-state index contributed by atoms with van der Waals surface area (Å²) in [5.41, 5.74) is 5.45. The molecule has 0 atom stereocenters. The molecular weight excluding hydrogens is 164 g/mol. The molecule has 4 heteroatoms. The molecule has 0 rings (SSSR count). The van der Waals surface area contributed by atoms with E-state index in [1.807, 2.05) is 7.05 Å². The lowest BCUT2D eigenvalue weighted by molar-refractivity contribution is 0.261. The standard InChI is InChI=1S/C9H24N4/c1-11-5-7-13(3)9-8-12(2)6-4-10/h11H,4-10H2,1-3H3. The van der Waals surface area contributed by atoms with Crippen LogP contribution in [0.25, 0.3) is 0 Å². The van der Waals surface area contributed by atoms with Gasteiger partial charge in [0.25, 0.3) is 0 Å². The molecule has 13 heavy (non-hydrogen) atoms. The van der Waals surface area contributed by atoms with Crippen molar-refractivity contribution in [3.8, 4) is 0 Å². The van der Waals surface area contributed by atoms with E-state index in [9.17, 15) is 0 Å². The number of nitrogens with zero attached hydrogens (tertiary/aromatic N) is 2. The lowest BCUT2D eigenvalue weighted by atomic mass is 10.4. The predicted molar refractivity (Wildman–Crippen MR) is 58.0 cm³/mol. The van der Waals surface area contributed by atoms with Gasteiger partial charge in [0.15, 0.2) is 0 Å². The Morgan fingerprint density at radius 2 is 1.54 bits per heavy atom. The molecule has 0 fully saturated rings. The fraction of sp³-hybridized carbons (Fsp3) is 1.00. The summed E-state index contributed by atoms with van der Waals surface area (Å²) in [6, 6.07) is 0. The van der Waals surface area contributed by atoms with E-state index in [1.165, 1.54) is 0 Å². The van der Waals surface area contributed by atoms with E-state index in [-0.39, 0.29) is 0 Å². The van der Waals surface area contributed by atoms with E-state index in [1.54, 1.807) is 0 Å². The van der Waals surface area contributed by atoms with Crippen molar-refractivity contribution in [1.82, 2.24) is 15.1 Å². The van der Waals surface area contributed by atoms with Gasteiger partial charge in [0.1, 0.15) is 0 Å². The molecule has 0 amide bonds. The highest BCUT2D eigenvalue weighted by Crippen LogP contribution is 1.84. The van der Waals surface area contributed by atoms with E-state index >= 15 is 0 Å². The molecule has 0 aromatic carbocycles. The van der Waals surface area contributed by atoms with Crippen molar-refractivity contribution in [2.24, 2.45) is 5.73 Å². The molecule has 4 nitrogen and oxygen atoms in total. The highest BCUT2D eigenvalue weighted by atomic mass is 15.2. The van der Waals surface area contributed by atoms with Gasteiger partial charge in [0, 0.05) is 39.3 Å². The number of nitrogens with one attached hydrogen (secondary N) is 1. The molecule has 0 aromatic heterocycles. The molecule has 0 saturated carbocycles. The number of likely N-dealkylation sites (N-methyl/N-ethyl adjacent to an activating group) is 3. The van der Waals surface area contributed by atoms with E-state index in [0.29, 0.717) is 0 Å². The minimum Gasteiger partial charge on any atom is -0.329 e. The molecule has 0 aromatic rings. The van der Waals surface area contributed by atoms with Gasteiger partial charge in [-0.05, 0) is 21.1 Å². The first-order valence-electron chi connectivity index (χ1n) is 4.92. The number of rotatable bonds is 8. The Morgan fingerprint density at radius 3 is 2.00 bits per heavy atom. The van der Waals surface area contributed by atoms with E-state index < -0.39 is 0 Å². The molecule has 0 saturated heterocycles. The summed E-state index contributed by atoms with van der Waals surface area (Å²) in [6.07, 6.45) is 0. The first-order valence-corrected chi connectivity index (χ1v) is 4.92. The lowest BCUT2D eigenvalue weighted by Gasteiger charge is -2.21. The van der Waals surface area contributed by atoms with Crippen molar-refractivity contribution in [1.29, 1.82) is 0 Å². The van der Waals surface area contributed by atoms with Crippen LogP contribution in [0.5, 0.6) is 0 Å². The Kier molecular flexibility index (Phi) is 8.33. The van der Waals surface area contributed by atoms with Gasteiger partial charge >= 0.3 is 0 Å². The van der Waals surface area contributed by atoms with Crippen LogP contribution in [0.3, 0.4) is 0 Å². The number of hydrogen-bond donors (Lipinski definition) is 2. The molecule has 0 heterocycles. The summed E-state index contributed by atoms with van der Waals surface area (Å²) in [6.45, 7) is 6.09. The highest BCUT2D eigenvalue weighted by molar-refractivity contribution is 4.57. The van der Waals surface area contributed by atoms with Gasteiger partial charge in [0.05, 0.1) is 0 Å². The molecule has 0 radical (unpaired) electrons. The second kappa shape index (κ2) is 8.44. The molecular formula is C9H24N4. The van der Waals surface area contributed by atoms with Crippen molar-refractivity contribution < 1.29 is 0 Å². The fourth-order valence-electron chi connectivity index (χ4n) is 1.09. The third-order valence-electron chi connectivity index (χ3n) is 2.12. The molecule has 0 bridgehead atoms. The molecule has 0 spiro atoms. The third-order valence-corrected chi connectivity index (χ3v) is 2.12. The van der Waals surface area contributed by atoms with Crippen LogP contribution in [0.1, 0.15) is 0 Å². The topological polar surface area (TPSA) is 44.5 Å². The van der Waals surface area contributed by atoms with Crippen LogP contribution in [0, 0.1) is 0 Å². The molecule has 0 aliphatic heterocycles. The molecule has 3 N–H and O–H groups in total. The van der Waals surface area contributed by atoms with Crippen molar-refractivity contribution >= 4 is 0 Å². The summed E-state index contributed by atoms with van der Waals surface area (Å²) in [7, 11) is 6.24. The van der Waals surface area contributed by atoms with E-state index in [0.717, 1.165) is 39.3 Å². The Balaban J connectivity index is 3.29. The third kappa shape index (κ3) is 8.18. The van der Waals surface area contributed by atoms with Crippen molar-refractivity contribution in [3.63, 3.8) is 0 Å². The normalized spacial score (nSPS) is 11.5. The van der Waals surface area contributed by atoms with Gasteiger partial charge in [-0.25, -0.2) is 0 Å². The fourth-order valence-corrected chi connectivity index (χ4v) is 1.09. The van der Waals surface area contributed by atoms with Crippen molar-refractivity contribution in [2.45, 2.75) is 0 Å². The van der Waals surface area contributed by atoms with Gasteiger partial charge in [0.2, 0.25) is 0 Å². The second-order valence-electron chi connectivity index (χ2n) is 3.50. The summed E-state index contributed by atoms with van der Waals surface area (Å²) < 4.78 is 0. The van der Waals surface area contributed by atoms with Gasteiger partial charge in [-0.15, -0.1) is 0 Å². The SMILES string of the molecule is CNCCN(C)CCN(C)CCN. The quantitative estimate of drug-likeness (QED) is 0.514. The van der Waals surface area contributed by atoms with Gasteiger partial charge in [-0.1, -0.05) is 0 Å². The molecule has 0 unspecified atom stereocenters. The minimum absolute atomic E-state index is 0.747. The zero-order chi connectivity index (χ0) is 10.1. The summed E-state index contributed by atoms with van der Waals surface area (Å²) in [4.78, 5) is 4.58. The van der Waals surface area contributed by atoms with Crippen LogP contribution < -0.4 is 11.1 Å². The Labute approximate surface area is 82.1 Å². The first kappa shape index (κ1) is 12.8. The van der Waals surface area contributed by atoms with Gasteiger partial charge < -0.3 is 20.9 Å². The molecule has 0 aliphatic carbocycles. The lowest BCUT2D eigenvalue weighted by Crippen LogP contribution is -2.36. The van der Waals surface area contributed by atoms with Crippen molar-refractivity contribution in [2.75, 3.05) is 60.4 Å². The van der Waals surface area contributed by atoms with Crippen LogP contribution in [0.2, 0.25) is 0 Å². The Morgan fingerprint density at radius 1 is 1.00 bits per heavy atom. The maximum Gasteiger partial charge on any atom is 0.0107 e. The van der Waals surface area contributed by atoms with Gasteiger partial charge in [-0.3, -0.25) is 0 Å². The number of hydrogen-bond acceptors (Lipinski definition) is 4. The Bertz CT molecular complexity index is 108. The maximum atomic E-state index is 5.45. The first-order chi connectivity index (χ1) is 6.20. The largest absolute Gasteiger partial charge is 0.329 e. The average Bonchev–Trinajstić information content (AvgIpc) is 2.12. The predicted octanol–water partition coefficient (Wildman–Crippen LogP) is -0.972. The average molecular weight is 188 g/mol. The van der Waals surface area contributed by atoms with Gasteiger partial charge in [-0.2, -0.15) is 0 Å². The van der Waals surface area contributed by atoms with E-state index in [2.05, 4.69) is 29.2 Å². The maximum absolute atomic E-state index is 5.45. The zero-order valence-corrected chi connectivity index (χ0v) is 9.21. The summed E-state index contributed by atoms with van der Waals surface area (Å²) in [5, 5.41) is 3.14. The van der Waals surface area contributed by atoms with Crippen LogP contribution in [0.4, 0.5) is 0 Å². The van der Waals surface area contributed by atoms with Crippen LogP contribution in [0.15, 0.2) is 0 Å². The van der Waals surface area contributed by atoms with E-state index in [4.69, 9.17) is 5.73 Å². The Hall–Kier alpha value is -0.160. The zero-order valence-electron chi connectivity index (χ0n) is 9.21. The smallest absolute Gasteiger partial charge is 0.0107 e. The van der Waals surface area contributed by atoms with Crippen LogP contribution >= 0.6 is 0 Å². The molecule has 80 valence electrons. The minimum atomic E-state index is 0.747. The summed E-state index contributed by atoms with van der Waals surface area (Å²) in [5.74, 6) is 0. The molecule has 0 aliphatic rings. The monoisotopic (exact) mass is 188 g/mol.